The summed E-state index contributed by atoms with van der Waals surface area (Å²) in [5, 5.41) is 19.1. The molecule has 2 rings (SSSR count). The summed E-state index contributed by atoms with van der Waals surface area (Å²) in [5.41, 5.74) is 4.81. The summed E-state index contributed by atoms with van der Waals surface area (Å²) < 4.78 is 5.69. The predicted octanol–water partition coefficient (Wildman–Crippen LogP) is 3.86. The van der Waals surface area contributed by atoms with Gasteiger partial charge in [0.05, 0.1) is 11.9 Å². The molecule has 0 amide bonds. The van der Waals surface area contributed by atoms with E-state index in [1.165, 1.54) is 12.4 Å². The van der Waals surface area contributed by atoms with Crippen LogP contribution in [0.4, 0.5) is 0 Å². The van der Waals surface area contributed by atoms with Crippen LogP contribution in [0.3, 0.4) is 0 Å². The summed E-state index contributed by atoms with van der Waals surface area (Å²) in [6.07, 6.45) is 3.79. The fourth-order valence-electron chi connectivity index (χ4n) is 2.37. The third-order valence-corrected chi connectivity index (χ3v) is 4.04. The van der Waals surface area contributed by atoms with Crippen LogP contribution in [0.5, 0.6) is 11.5 Å². The lowest BCUT2D eigenvalue weighted by Gasteiger charge is -2.32. The van der Waals surface area contributed by atoms with Crippen LogP contribution in [0.1, 0.15) is 19.5 Å². The lowest BCUT2D eigenvalue weighted by Crippen LogP contribution is -2.36. The molecule has 6 heteroatoms. The molecule has 2 aromatic rings. The van der Waals surface area contributed by atoms with Gasteiger partial charge in [0.25, 0.3) is 0 Å². The zero-order chi connectivity index (χ0) is 17.7. The summed E-state index contributed by atoms with van der Waals surface area (Å²) in [5.74, 6) is 0.944. The van der Waals surface area contributed by atoms with Crippen molar-refractivity contribution in [2.24, 2.45) is 11.7 Å². The molecule has 0 spiro atoms. The van der Waals surface area contributed by atoms with Crippen LogP contribution in [0.25, 0.3) is 0 Å². The standard InChI is InChI=1S/C18H20ClN3O2/c1-12(2)18(23,13(9-20)10-21)17-8-7-16(11-22-17)24-15-5-3-14(19)4-6-15/h3-12,20,23H,21H2,1-2H3/b13-10+,20-9?. The molecule has 1 atom stereocenters. The highest BCUT2D eigenvalue weighted by Gasteiger charge is 2.37. The molecule has 1 heterocycles. The second-order valence-corrected chi connectivity index (χ2v) is 6.06. The van der Waals surface area contributed by atoms with Gasteiger partial charge in [-0.3, -0.25) is 4.98 Å². The van der Waals surface area contributed by atoms with Gasteiger partial charge in [0.15, 0.2) is 0 Å². The van der Waals surface area contributed by atoms with Crippen molar-refractivity contribution in [3.63, 3.8) is 0 Å². The minimum atomic E-state index is -1.44. The normalized spacial score (nSPS) is 14.3. The van der Waals surface area contributed by atoms with Gasteiger partial charge in [0.1, 0.15) is 17.1 Å². The number of ether oxygens (including phenoxy) is 1. The maximum Gasteiger partial charge on any atom is 0.145 e. The van der Waals surface area contributed by atoms with Crippen LogP contribution in [0.15, 0.2) is 54.4 Å². The van der Waals surface area contributed by atoms with Crippen molar-refractivity contribution in [3.05, 3.63) is 65.1 Å². The first kappa shape index (κ1) is 18.0. The van der Waals surface area contributed by atoms with Gasteiger partial charge in [-0.2, -0.15) is 0 Å². The number of pyridine rings is 1. The number of nitrogens with one attached hydrogen (secondary N) is 1. The molecule has 24 heavy (non-hydrogen) atoms. The van der Waals surface area contributed by atoms with Crippen LogP contribution < -0.4 is 10.5 Å². The minimum absolute atomic E-state index is 0.218. The van der Waals surface area contributed by atoms with Crippen molar-refractivity contribution in [2.75, 3.05) is 0 Å². The first-order chi connectivity index (χ1) is 11.4. The van der Waals surface area contributed by atoms with Gasteiger partial charge in [0, 0.05) is 23.0 Å². The molecule has 0 saturated carbocycles. The summed E-state index contributed by atoms with van der Waals surface area (Å²) >= 11 is 5.84. The van der Waals surface area contributed by atoms with Crippen molar-refractivity contribution in [3.8, 4) is 11.5 Å². The van der Waals surface area contributed by atoms with Gasteiger partial charge >= 0.3 is 0 Å². The van der Waals surface area contributed by atoms with Gasteiger partial charge in [0.2, 0.25) is 0 Å². The van der Waals surface area contributed by atoms with E-state index in [2.05, 4.69) is 4.98 Å². The smallest absolute Gasteiger partial charge is 0.145 e. The van der Waals surface area contributed by atoms with Crippen molar-refractivity contribution in [2.45, 2.75) is 19.4 Å². The zero-order valence-electron chi connectivity index (χ0n) is 13.5. The van der Waals surface area contributed by atoms with Crippen LogP contribution in [-0.2, 0) is 5.60 Å². The van der Waals surface area contributed by atoms with Crippen LogP contribution >= 0.6 is 11.6 Å². The summed E-state index contributed by atoms with van der Waals surface area (Å²) in [6, 6.07) is 10.4. The molecule has 0 saturated heterocycles. The summed E-state index contributed by atoms with van der Waals surface area (Å²) in [6.45, 7) is 3.68. The minimum Gasteiger partial charge on any atom is -0.456 e. The van der Waals surface area contributed by atoms with Gasteiger partial charge < -0.3 is 21.0 Å². The Hall–Kier alpha value is -2.37. The number of nitrogens with zero attached hydrogens (tertiary/aromatic N) is 1. The fourth-order valence-corrected chi connectivity index (χ4v) is 2.49. The lowest BCUT2D eigenvalue weighted by atomic mass is 9.80. The highest BCUT2D eigenvalue weighted by Crippen LogP contribution is 2.35. The van der Waals surface area contributed by atoms with E-state index in [1.807, 2.05) is 13.8 Å². The number of rotatable bonds is 6. The molecule has 0 aliphatic heterocycles. The maximum atomic E-state index is 11.0. The summed E-state index contributed by atoms with van der Waals surface area (Å²) in [4.78, 5) is 4.30. The molecule has 126 valence electrons. The zero-order valence-corrected chi connectivity index (χ0v) is 14.3. The number of aromatic nitrogens is 1. The number of aliphatic hydroxyl groups is 1. The topological polar surface area (TPSA) is 92.2 Å². The van der Waals surface area contributed by atoms with E-state index < -0.39 is 5.60 Å². The van der Waals surface area contributed by atoms with Crippen molar-refractivity contribution in [1.82, 2.24) is 4.98 Å². The van der Waals surface area contributed by atoms with E-state index in [1.54, 1.807) is 36.4 Å². The van der Waals surface area contributed by atoms with E-state index in [0.717, 1.165) is 6.21 Å². The van der Waals surface area contributed by atoms with Crippen molar-refractivity contribution in [1.29, 1.82) is 5.41 Å². The van der Waals surface area contributed by atoms with Crippen LogP contribution in [0, 0.1) is 11.3 Å². The van der Waals surface area contributed by atoms with Gasteiger partial charge in [-0.1, -0.05) is 25.4 Å². The summed E-state index contributed by atoms with van der Waals surface area (Å²) in [7, 11) is 0. The highest BCUT2D eigenvalue weighted by atomic mass is 35.5. The second-order valence-electron chi connectivity index (χ2n) is 5.62. The first-order valence-corrected chi connectivity index (χ1v) is 7.84. The van der Waals surface area contributed by atoms with Crippen molar-refractivity contribution >= 4 is 17.8 Å². The van der Waals surface area contributed by atoms with Gasteiger partial charge in [-0.05, 0) is 42.3 Å². The average molecular weight is 346 g/mol. The molecular weight excluding hydrogens is 326 g/mol. The van der Waals surface area contributed by atoms with E-state index in [0.29, 0.717) is 22.2 Å². The Morgan fingerprint density at radius 1 is 1.25 bits per heavy atom. The molecule has 0 bridgehead atoms. The SMILES string of the molecule is CC(C)C(O)(/C(C=N)=C/N)c1ccc(Oc2ccc(Cl)cc2)cn1. The Morgan fingerprint density at radius 2 is 1.88 bits per heavy atom. The molecule has 0 fully saturated rings. The molecule has 1 aromatic carbocycles. The molecule has 4 N–H and O–H groups in total. The third kappa shape index (κ3) is 3.58. The lowest BCUT2D eigenvalue weighted by molar-refractivity contribution is 0.0293. The monoisotopic (exact) mass is 345 g/mol. The molecule has 1 unspecified atom stereocenters. The first-order valence-electron chi connectivity index (χ1n) is 7.47. The molecule has 0 aliphatic carbocycles. The number of nitrogens with two attached hydrogens (primary N) is 1. The number of hydrogen-bond donors (Lipinski definition) is 3. The van der Waals surface area contributed by atoms with Crippen LogP contribution in [0.2, 0.25) is 5.02 Å². The molecule has 0 aliphatic rings. The number of halogens is 1. The molecule has 0 radical (unpaired) electrons. The van der Waals surface area contributed by atoms with E-state index >= 15 is 0 Å². The van der Waals surface area contributed by atoms with Gasteiger partial charge in [-0.15, -0.1) is 0 Å². The Bertz CT molecular complexity index is 727. The third-order valence-electron chi connectivity index (χ3n) is 3.79. The average Bonchev–Trinajstić information content (AvgIpc) is 2.58. The highest BCUT2D eigenvalue weighted by molar-refractivity contribution is 6.30. The fraction of sp³-hybridized carbons (Fsp3) is 0.222. The van der Waals surface area contributed by atoms with Crippen LogP contribution in [-0.4, -0.2) is 16.3 Å². The van der Waals surface area contributed by atoms with Gasteiger partial charge in [-0.25, -0.2) is 0 Å². The molecular formula is C18H20ClN3O2. The number of hydrogen-bond acceptors (Lipinski definition) is 5. The second kappa shape index (κ2) is 7.47. The quantitative estimate of drug-likeness (QED) is 0.693. The van der Waals surface area contributed by atoms with E-state index in [-0.39, 0.29) is 11.5 Å². The van der Waals surface area contributed by atoms with Crippen molar-refractivity contribution < 1.29 is 9.84 Å². The Kier molecular flexibility index (Phi) is 5.59. The Balaban J connectivity index is 2.29. The maximum absolute atomic E-state index is 11.0. The number of benzene rings is 1. The Morgan fingerprint density at radius 3 is 2.33 bits per heavy atom. The Labute approximate surface area is 146 Å². The largest absolute Gasteiger partial charge is 0.456 e. The van der Waals surface area contributed by atoms with E-state index in [9.17, 15) is 5.11 Å². The predicted molar refractivity (Wildman–Crippen MR) is 95.6 cm³/mol. The van der Waals surface area contributed by atoms with E-state index in [4.69, 9.17) is 27.5 Å². The molecule has 1 aromatic heterocycles. The molecule has 5 nitrogen and oxygen atoms in total.